The Labute approximate surface area is 270 Å². The molecule has 10 nitrogen and oxygen atoms in total. The quantitative estimate of drug-likeness (QED) is 0.135. The first-order valence-corrected chi connectivity index (χ1v) is 14.7. The molecule has 0 saturated carbocycles. The fraction of sp³-hybridized carbons (Fsp3) is 0.229. The molecule has 0 fully saturated rings. The third-order valence-corrected chi connectivity index (χ3v) is 7.34. The van der Waals surface area contributed by atoms with Crippen molar-refractivity contribution in [2.24, 2.45) is 0 Å². The molecule has 246 valence electrons. The number of amides is 3. The number of methoxy groups -OCH3 is 1. The molecule has 0 radical (unpaired) electrons. The van der Waals surface area contributed by atoms with E-state index in [-0.39, 0.29) is 29.8 Å². The van der Waals surface area contributed by atoms with Gasteiger partial charge in [-0.1, -0.05) is 30.3 Å². The van der Waals surface area contributed by atoms with Crippen molar-refractivity contribution in [3.63, 3.8) is 0 Å². The van der Waals surface area contributed by atoms with E-state index in [4.69, 9.17) is 4.74 Å². The van der Waals surface area contributed by atoms with Crippen molar-refractivity contribution in [1.82, 2.24) is 10.2 Å². The molecule has 0 bridgehead atoms. The zero-order valence-electron chi connectivity index (χ0n) is 25.7. The van der Waals surface area contributed by atoms with Gasteiger partial charge in [0.05, 0.1) is 31.9 Å². The van der Waals surface area contributed by atoms with Crippen LogP contribution in [0.5, 0.6) is 5.75 Å². The average Bonchev–Trinajstić information content (AvgIpc) is 3.03. The van der Waals surface area contributed by atoms with Gasteiger partial charge in [0.1, 0.15) is 17.4 Å². The van der Waals surface area contributed by atoms with Gasteiger partial charge >= 0.3 is 6.09 Å². The van der Waals surface area contributed by atoms with E-state index in [0.717, 1.165) is 17.0 Å². The molecule has 0 saturated heterocycles. The predicted octanol–water partition coefficient (Wildman–Crippen LogP) is 5.16. The second-order valence-electron chi connectivity index (χ2n) is 11.0. The van der Waals surface area contributed by atoms with Crippen LogP contribution in [0.2, 0.25) is 0 Å². The number of anilines is 1. The molecule has 0 aromatic heterocycles. The SMILES string of the molecule is COc1cccc(CN(C[C@@H](O)[C@H](Cc2cc(F)cc(F)c2)NC(=O)c2cc(NC(=O)c3ccccc3)cc(C(C)O)c2)C(=O)O)c1. The van der Waals surface area contributed by atoms with Gasteiger partial charge in [0.25, 0.3) is 11.8 Å². The van der Waals surface area contributed by atoms with E-state index in [9.17, 15) is 38.5 Å². The minimum absolute atomic E-state index is 0.000792. The number of ether oxygens (including phenoxy) is 1. The summed E-state index contributed by atoms with van der Waals surface area (Å²) in [6.45, 7) is 0.884. The third-order valence-electron chi connectivity index (χ3n) is 7.34. The van der Waals surface area contributed by atoms with Crippen molar-refractivity contribution in [2.75, 3.05) is 19.0 Å². The van der Waals surface area contributed by atoms with Gasteiger partial charge in [-0.25, -0.2) is 13.6 Å². The zero-order chi connectivity index (χ0) is 34.1. The van der Waals surface area contributed by atoms with E-state index in [1.54, 1.807) is 54.6 Å². The Balaban J connectivity index is 1.61. The number of hydrogen-bond donors (Lipinski definition) is 5. The maximum absolute atomic E-state index is 14.1. The Morgan fingerprint density at radius 2 is 1.53 bits per heavy atom. The minimum atomic E-state index is -1.54. The van der Waals surface area contributed by atoms with Crippen molar-refractivity contribution in [2.45, 2.75) is 38.1 Å². The summed E-state index contributed by atoms with van der Waals surface area (Å²) >= 11 is 0. The Kier molecular flexibility index (Phi) is 11.6. The van der Waals surface area contributed by atoms with Crippen LogP contribution in [0, 0.1) is 11.6 Å². The lowest BCUT2D eigenvalue weighted by Gasteiger charge is -2.29. The lowest BCUT2D eigenvalue weighted by atomic mass is 9.99. The molecule has 0 aliphatic heterocycles. The largest absolute Gasteiger partial charge is 0.497 e. The monoisotopic (exact) mass is 647 g/mol. The molecular weight excluding hydrogens is 612 g/mol. The third kappa shape index (κ3) is 9.83. The van der Waals surface area contributed by atoms with Crippen molar-refractivity contribution in [1.29, 1.82) is 0 Å². The second-order valence-corrected chi connectivity index (χ2v) is 11.0. The van der Waals surface area contributed by atoms with Crippen LogP contribution >= 0.6 is 0 Å². The number of aliphatic hydroxyl groups excluding tert-OH is 2. The molecule has 0 aliphatic rings. The van der Waals surface area contributed by atoms with Crippen LogP contribution < -0.4 is 15.4 Å². The normalized spacial score (nSPS) is 12.8. The number of carbonyl (C=O) groups is 3. The summed E-state index contributed by atoms with van der Waals surface area (Å²) in [4.78, 5) is 39.6. The van der Waals surface area contributed by atoms with Crippen LogP contribution in [0.1, 0.15) is 50.4 Å². The summed E-state index contributed by atoms with van der Waals surface area (Å²) < 4.78 is 33.3. The van der Waals surface area contributed by atoms with Crippen molar-refractivity contribution >= 4 is 23.6 Å². The zero-order valence-corrected chi connectivity index (χ0v) is 25.7. The molecule has 3 atom stereocenters. The summed E-state index contributed by atoms with van der Waals surface area (Å²) in [6, 6.07) is 20.9. The number of hydrogen-bond acceptors (Lipinski definition) is 6. The topological polar surface area (TPSA) is 148 Å². The number of aliphatic hydroxyl groups is 2. The Hall–Kier alpha value is -5.33. The van der Waals surface area contributed by atoms with Crippen molar-refractivity contribution in [3.05, 3.63) is 130 Å². The van der Waals surface area contributed by atoms with E-state index in [0.29, 0.717) is 28.5 Å². The molecule has 0 heterocycles. The van der Waals surface area contributed by atoms with Crippen molar-refractivity contribution < 1.29 is 43.2 Å². The number of nitrogens with zero attached hydrogens (tertiary/aromatic N) is 1. The first-order valence-electron chi connectivity index (χ1n) is 14.7. The van der Waals surface area contributed by atoms with Crippen LogP contribution in [-0.2, 0) is 13.0 Å². The van der Waals surface area contributed by atoms with E-state index < -0.39 is 54.3 Å². The predicted molar refractivity (Wildman–Crippen MR) is 170 cm³/mol. The van der Waals surface area contributed by atoms with Gasteiger partial charge < -0.3 is 35.6 Å². The average molecular weight is 648 g/mol. The highest BCUT2D eigenvalue weighted by molar-refractivity contribution is 6.05. The summed E-state index contributed by atoms with van der Waals surface area (Å²) in [5.74, 6) is -2.43. The first-order chi connectivity index (χ1) is 22.4. The highest BCUT2D eigenvalue weighted by Gasteiger charge is 2.28. The number of rotatable bonds is 13. The van der Waals surface area contributed by atoms with Crippen LogP contribution in [0.25, 0.3) is 0 Å². The van der Waals surface area contributed by atoms with Crippen LogP contribution in [0.4, 0.5) is 19.3 Å². The second kappa shape index (κ2) is 15.8. The van der Waals surface area contributed by atoms with E-state index in [1.165, 1.54) is 32.2 Å². The highest BCUT2D eigenvalue weighted by atomic mass is 19.1. The Bertz CT molecular complexity index is 1700. The molecular formula is C35H35F2N3O7. The number of nitrogens with one attached hydrogen (secondary N) is 2. The molecule has 0 aliphatic carbocycles. The summed E-state index contributed by atoms with van der Waals surface area (Å²) in [5, 5.41) is 36.9. The van der Waals surface area contributed by atoms with Crippen LogP contribution in [-0.4, -0.2) is 63.9 Å². The molecule has 4 aromatic carbocycles. The van der Waals surface area contributed by atoms with E-state index >= 15 is 0 Å². The van der Waals surface area contributed by atoms with Gasteiger partial charge in [-0.2, -0.15) is 0 Å². The molecule has 1 unspecified atom stereocenters. The van der Waals surface area contributed by atoms with Gasteiger partial charge in [0.15, 0.2) is 0 Å². The smallest absolute Gasteiger partial charge is 0.407 e. The van der Waals surface area contributed by atoms with Gasteiger partial charge in [-0.15, -0.1) is 0 Å². The molecule has 4 aromatic rings. The molecule has 4 rings (SSSR count). The number of carboxylic acid groups (broad SMARTS) is 1. The summed E-state index contributed by atoms with van der Waals surface area (Å²) in [6.07, 6.45) is -4.17. The summed E-state index contributed by atoms with van der Waals surface area (Å²) in [5.41, 5.74) is 1.56. The highest BCUT2D eigenvalue weighted by Crippen LogP contribution is 2.23. The van der Waals surface area contributed by atoms with Crippen LogP contribution in [0.3, 0.4) is 0 Å². The molecule has 0 spiro atoms. The Morgan fingerprint density at radius 1 is 0.830 bits per heavy atom. The number of carbonyl (C=O) groups excluding carboxylic acids is 2. The van der Waals surface area contributed by atoms with Crippen LogP contribution in [0.15, 0.2) is 91.0 Å². The fourth-order valence-electron chi connectivity index (χ4n) is 4.96. The number of halogens is 2. The summed E-state index contributed by atoms with van der Waals surface area (Å²) in [7, 11) is 1.47. The lowest BCUT2D eigenvalue weighted by Crippen LogP contribution is -2.50. The molecule has 47 heavy (non-hydrogen) atoms. The molecule has 12 heteroatoms. The number of benzene rings is 4. The van der Waals surface area contributed by atoms with Crippen molar-refractivity contribution in [3.8, 4) is 5.75 Å². The van der Waals surface area contributed by atoms with E-state index in [1.807, 2.05) is 0 Å². The molecule has 3 amide bonds. The minimum Gasteiger partial charge on any atom is -0.497 e. The standard InChI is InChI=1S/C35H35F2N3O7/c1-21(41)25-15-26(17-29(16-25)38-33(43)24-8-4-3-5-9-24)34(44)39-31(14-23-11-27(36)18-28(37)12-23)32(42)20-40(35(45)46)19-22-7-6-10-30(13-22)47-2/h3-13,15-18,21,31-32,41-42H,14,19-20H2,1-2H3,(H,38,43)(H,39,44)(H,45,46)/t21?,31-,32+/m0/s1. The fourth-order valence-corrected chi connectivity index (χ4v) is 4.96. The molecule has 5 N–H and O–H groups in total. The van der Waals surface area contributed by atoms with Gasteiger partial charge in [0.2, 0.25) is 0 Å². The van der Waals surface area contributed by atoms with Gasteiger partial charge in [-0.3, -0.25) is 9.59 Å². The lowest BCUT2D eigenvalue weighted by molar-refractivity contribution is 0.0640. The maximum Gasteiger partial charge on any atom is 0.407 e. The van der Waals surface area contributed by atoms with Gasteiger partial charge in [-0.05, 0) is 84.6 Å². The Morgan fingerprint density at radius 3 is 2.17 bits per heavy atom. The maximum atomic E-state index is 14.1. The first kappa shape index (κ1) is 34.5. The van der Waals surface area contributed by atoms with Gasteiger partial charge in [0, 0.05) is 29.4 Å². The van der Waals surface area contributed by atoms with E-state index in [2.05, 4.69) is 10.6 Å².